The van der Waals surface area contributed by atoms with E-state index in [1.807, 2.05) is 0 Å². The molecule has 1 heterocycles. The number of nitrogens with zero attached hydrogens (tertiary/aromatic N) is 1. The van der Waals surface area contributed by atoms with Gasteiger partial charge in [-0.1, -0.05) is 36.8 Å². The molecule has 3 rings (SSSR count). The van der Waals surface area contributed by atoms with E-state index in [1.54, 1.807) is 0 Å². The van der Waals surface area contributed by atoms with E-state index in [0.29, 0.717) is 11.5 Å². The van der Waals surface area contributed by atoms with Crippen LogP contribution in [-0.2, 0) is 6.54 Å². The molecule has 1 aromatic carbocycles. The molecule has 2 fully saturated rings. The zero-order valence-corrected chi connectivity index (χ0v) is 9.73. The lowest BCUT2D eigenvalue weighted by atomic mass is 9.66. The van der Waals surface area contributed by atoms with Gasteiger partial charge >= 0.3 is 0 Å². The maximum absolute atomic E-state index is 6.28. The van der Waals surface area contributed by atoms with Gasteiger partial charge in [0.1, 0.15) is 0 Å². The fraction of sp³-hybridized carbons (Fsp3) is 0.571. The van der Waals surface area contributed by atoms with Crippen LogP contribution in [0.4, 0.5) is 0 Å². The smallest absolute Gasteiger partial charge is 0.0237 e. The molecule has 0 unspecified atom stereocenters. The summed E-state index contributed by atoms with van der Waals surface area (Å²) in [6.45, 7) is 3.36. The van der Waals surface area contributed by atoms with Crippen LogP contribution in [0.25, 0.3) is 0 Å². The Morgan fingerprint density at radius 3 is 2.56 bits per heavy atom. The summed E-state index contributed by atoms with van der Waals surface area (Å²) in [6.07, 6.45) is 4.08. The quantitative estimate of drug-likeness (QED) is 0.819. The normalized spacial score (nSPS) is 28.2. The predicted octanol–water partition coefficient (Wildman–Crippen LogP) is 2.00. The van der Waals surface area contributed by atoms with Gasteiger partial charge in [-0.25, -0.2) is 0 Å². The topological polar surface area (TPSA) is 29.3 Å². The second-order valence-corrected chi connectivity index (χ2v) is 5.48. The Labute approximate surface area is 97.4 Å². The van der Waals surface area contributed by atoms with Crippen molar-refractivity contribution < 1.29 is 0 Å². The fourth-order valence-electron chi connectivity index (χ4n) is 3.22. The van der Waals surface area contributed by atoms with Gasteiger partial charge in [0.2, 0.25) is 0 Å². The second kappa shape index (κ2) is 3.86. The largest absolute Gasteiger partial charge is 0.326 e. The molecular weight excluding hydrogens is 196 g/mol. The van der Waals surface area contributed by atoms with Gasteiger partial charge in [0.15, 0.2) is 0 Å². The third-order valence-electron chi connectivity index (χ3n) is 4.38. The van der Waals surface area contributed by atoms with E-state index in [1.165, 1.54) is 31.4 Å². The highest BCUT2D eigenvalue weighted by Crippen LogP contribution is 2.47. The highest BCUT2D eigenvalue weighted by molar-refractivity contribution is 5.15. The van der Waals surface area contributed by atoms with Gasteiger partial charge in [0, 0.05) is 25.7 Å². The summed E-state index contributed by atoms with van der Waals surface area (Å²) < 4.78 is 0. The Morgan fingerprint density at radius 2 is 2.00 bits per heavy atom. The SMILES string of the molecule is N[C@@H]1CN(Cc2ccccc2)CC12CCC2. The van der Waals surface area contributed by atoms with Crippen LogP contribution in [0.15, 0.2) is 30.3 Å². The van der Waals surface area contributed by atoms with Crippen molar-refractivity contribution in [2.75, 3.05) is 13.1 Å². The molecule has 2 heteroatoms. The van der Waals surface area contributed by atoms with Crippen molar-refractivity contribution in [1.82, 2.24) is 4.90 Å². The third-order valence-corrected chi connectivity index (χ3v) is 4.38. The monoisotopic (exact) mass is 216 g/mol. The molecule has 0 radical (unpaired) electrons. The minimum atomic E-state index is 0.407. The molecular formula is C14H20N2. The molecule has 1 saturated carbocycles. The number of hydrogen-bond donors (Lipinski definition) is 1. The van der Waals surface area contributed by atoms with Crippen molar-refractivity contribution in [1.29, 1.82) is 0 Å². The van der Waals surface area contributed by atoms with Crippen LogP contribution in [-0.4, -0.2) is 24.0 Å². The van der Waals surface area contributed by atoms with Crippen LogP contribution >= 0.6 is 0 Å². The molecule has 1 atom stereocenters. The van der Waals surface area contributed by atoms with Crippen molar-refractivity contribution >= 4 is 0 Å². The molecule has 16 heavy (non-hydrogen) atoms. The molecule has 0 bridgehead atoms. The number of rotatable bonds is 2. The molecule has 1 aliphatic heterocycles. The van der Waals surface area contributed by atoms with Gasteiger partial charge in [0.25, 0.3) is 0 Å². The van der Waals surface area contributed by atoms with Crippen molar-refractivity contribution in [2.45, 2.75) is 31.8 Å². The molecule has 1 saturated heterocycles. The summed E-state index contributed by atoms with van der Waals surface area (Å²) in [4.78, 5) is 2.53. The first kappa shape index (κ1) is 10.3. The Bertz CT molecular complexity index is 356. The summed E-state index contributed by atoms with van der Waals surface area (Å²) in [7, 11) is 0. The first-order chi connectivity index (χ1) is 7.78. The van der Waals surface area contributed by atoms with Crippen molar-refractivity contribution in [2.24, 2.45) is 11.1 Å². The molecule has 1 aromatic rings. The van der Waals surface area contributed by atoms with Crippen LogP contribution < -0.4 is 5.73 Å². The van der Waals surface area contributed by atoms with E-state index in [2.05, 4.69) is 35.2 Å². The summed E-state index contributed by atoms with van der Waals surface area (Å²) in [5.74, 6) is 0. The summed E-state index contributed by atoms with van der Waals surface area (Å²) in [6, 6.07) is 11.1. The van der Waals surface area contributed by atoms with E-state index in [9.17, 15) is 0 Å². The number of likely N-dealkylation sites (tertiary alicyclic amines) is 1. The Balaban J connectivity index is 1.66. The Hall–Kier alpha value is -0.860. The summed E-state index contributed by atoms with van der Waals surface area (Å²) in [5.41, 5.74) is 8.17. The molecule has 2 nitrogen and oxygen atoms in total. The lowest BCUT2D eigenvalue weighted by Gasteiger charge is -2.41. The van der Waals surface area contributed by atoms with Gasteiger partial charge in [-0.2, -0.15) is 0 Å². The zero-order chi connectivity index (χ0) is 11.0. The number of benzene rings is 1. The van der Waals surface area contributed by atoms with E-state index in [4.69, 9.17) is 5.73 Å². The van der Waals surface area contributed by atoms with E-state index in [-0.39, 0.29) is 0 Å². The molecule has 2 aliphatic rings. The highest BCUT2D eigenvalue weighted by Gasteiger charge is 2.48. The van der Waals surface area contributed by atoms with Crippen LogP contribution in [0.3, 0.4) is 0 Å². The maximum atomic E-state index is 6.28. The highest BCUT2D eigenvalue weighted by atomic mass is 15.2. The van der Waals surface area contributed by atoms with Crippen LogP contribution in [0.1, 0.15) is 24.8 Å². The molecule has 0 amide bonds. The predicted molar refractivity (Wildman–Crippen MR) is 66.0 cm³/mol. The zero-order valence-electron chi connectivity index (χ0n) is 9.73. The van der Waals surface area contributed by atoms with Crippen LogP contribution in [0, 0.1) is 5.41 Å². The first-order valence-electron chi connectivity index (χ1n) is 6.30. The summed E-state index contributed by atoms with van der Waals surface area (Å²) in [5, 5.41) is 0. The van der Waals surface area contributed by atoms with E-state index >= 15 is 0 Å². The van der Waals surface area contributed by atoms with Gasteiger partial charge in [-0.05, 0) is 23.8 Å². The third kappa shape index (κ3) is 1.66. The maximum Gasteiger partial charge on any atom is 0.0237 e. The minimum Gasteiger partial charge on any atom is -0.326 e. The Morgan fingerprint density at radius 1 is 1.25 bits per heavy atom. The van der Waals surface area contributed by atoms with Gasteiger partial charge < -0.3 is 5.73 Å². The molecule has 1 spiro atoms. The minimum absolute atomic E-state index is 0.407. The fourth-order valence-corrected chi connectivity index (χ4v) is 3.22. The van der Waals surface area contributed by atoms with Crippen LogP contribution in [0.5, 0.6) is 0 Å². The van der Waals surface area contributed by atoms with Crippen LogP contribution in [0.2, 0.25) is 0 Å². The van der Waals surface area contributed by atoms with E-state index in [0.717, 1.165) is 13.1 Å². The number of hydrogen-bond acceptors (Lipinski definition) is 2. The molecule has 86 valence electrons. The van der Waals surface area contributed by atoms with Crippen molar-refractivity contribution in [3.05, 3.63) is 35.9 Å². The Kier molecular flexibility index (Phi) is 2.49. The molecule has 2 N–H and O–H groups in total. The van der Waals surface area contributed by atoms with E-state index < -0.39 is 0 Å². The average molecular weight is 216 g/mol. The van der Waals surface area contributed by atoms with Crippen molar-refractivity contribution in [3.8, 4) is 0 Å². The lowest BCUT2D eigenvalue weighted by Crippen LogP contribution is -2.45. The van der Waals surface area contributed by atoms with Crippen molar-refractivity contribution in [3.63, 3.8) is 0 Å². The number of nitrogens with two attached hydrogens (primary N) is 1. The second-order valence-electron chi connectivity index (χ2n) is 5.48. The molecule has 0 aromatic heterocycles. The first-order valence-corrected chi connectivity index (χ1v) is 6.30. The van der Waals surface area contributed by atoms with Gasteiger partial charge in [-0.15, -0.1) is 0 Å². The lowest BCUT2D eigenvalue weighted by molar-refractivity contribution is 0.122. The van der Waals surface area contributed by atoms with Gasteiger partial charge in [-0.3, -0.25) is 4.90 Å². The average Bonchev–Trinajstić information content (AvgIpc) is 2.56. The summed E-state index contributed by atoms with van der Waals surface area (Å²) >= 11 is 0. The standard InChI is InChI=1S/C14H20N2/c15-13-10-16(11-14(13)7-4-8-14)9-12-5-2-1-3-6-12/h1-3,5-6,13H,4,7-11,15H2/t13-/m1/s1. The molecule has 1 aliphatic carbocycles. The van der Waals surface area contributed by atoms with Gasteiger partial charge in [0.05, 0.1) is 0 Å².